The van der Waals surface area contributed by atoms with Gasteiger partial charge in [0.1, 0.15) is 5.75 Å². The molecule has 11 heteroatoms. The summed E-state index contributed by atoms with van der Waals surface area (Å²) in [6, 6.07) is 3.28. The van der Waals surface area contributed by atoms with Gasteiger partial charge in [0.05, 0.1) is 12.8 Å². The molecule has 0 fully saturated rings. The van der Waals surface area contributed by atoms with Gasteiger partial charge in [0, 0.05) is 11.0 Å². The number of halogens is 2. The summed E-state index contributed by atoms with van der Waals surface area (Å²) in [5.74, 6) is -3.55. The molecule has 0 spiro atoms. The molecular formula is C8H8F2NNaO5S2. The minimum atomic E-state index is -4.94. The van der Waals surface area contributed by atoms with Crippen molar-refractivity contribution in [2.24, 2.45) is 0 Å². The van der Waals surface area contributed by atoms with Crippen molar-refractivity contribution in [1.82, 2.24) is 0 Å². The quantitative estimate of drug-likeness (QED) is 0.495. The minimum Gasteiger partial charge on any atom is -0.768 e. The molecule has 1 aromatic carbocycles. The maximum atomic E-state index is 12.2. The van der Waals surface area contributed by atoms with E-state index in [1.165, 1.54) is 17.9 Å². The largest absolute Gasteiger partial charge is 1.00 e. The number of rotatable bonds is 5. The first-order chi connectivity index (χ1) is 8.27. The normalized spacial score (nSPS) is 12.7. The fourth-order valence-corrected chi connectivity index (χ4v) is 2.16. The molecular weight excluding hydrogens is 315 g/mol. The van der Waals surface area contributed by atoms with Crippen LogP contribution in [0.1, 0.15) is 0 Å². The monoisotopic (exact) mass is 323 g/mol. The van der Waals surface area contributed by atoms with Crippen molar-refractivity contribution in [2.45, 2.75) is 10.7 Å². The second kappa shape index (κ2) is 7.50. The predicted molar refractivity (Wildman–Crippen MR) is 58.7 cm³/mol. The number of hydrogen-bond acceptors (Lipinski definition) is 5. The Kier molecular flexibility index (Phi) is 7.40. The zero-order valence-corrected chi connectivity index (χ0v) is 13.6. The third-order valence-electron chi connectivity index (χ3n) is 1.85. The van der Waals surface area contributed by atoms with Gasteiger partial charge in [-0.1, -0.05) is 0 Å². The summed E-state index contributed by atoms with van der Waals surface area (Å²) < 4.78 is 74.2. The van der Waals surface area contributed by atoms with Crippen molar-refractivity contribution in [3.05, 3.63) is 18.2 Å². The van der Waals surface area contributed by atoms with Crippen molar-refractivity contribution in [2.75, 3.05) is 11.8 Å². The van der Waals surface area contributed by atoms with E-state index >= 15 is 0 Å². The van der Waals surface area contributed by atoms with Crippen molar-refractivity contribution in [3.63, 3.8) is 0 Å². The predicted octanol–water partition coefficient (Wildman–Crippen LogP) is -2.10. The number of nitrogens with one attached hydrogen (secondary N) is 1. The Labute approximate surface area is 133 Å². The summed E-state index contributed by atoms with van der Waals surface area (Å²) in [7, 11) is -3.69. The zero-order chi connectivity index (χ0) is 13.9. The molecule has 1 atom stereocenters. The second-order valence-corrected chi connectivity index (χ2v) is 5.56. The number of hydrogen-bond donors (Lipinski definition) is 1. The summed E-state index contributed by atoms with van der Waals surface area (Å²) in [6.07, 6.45) is 0. The molecule has 0 saturated heterocycles. The fraction of sp³-hybridized carbons (Fsp3) is 0.250. The molecule has 1 rings (SSSR count). The molecule has 0 aromatic heterocycles. The minimum absolute atomic E-state index is 0. The molecule has 19 heavy (non-hydrogen) atoms. The van der Waals surface area contributed by atoms with Gasteiger partial charge >= 0.3 is 35.3 Å². The van der Waals surface area contributed by atoms with E-state index in [4.69, 9.17) is 4.74 Å². The maximum absolute atomic E-state index is 12.2. The first kappa shape index (κ1) is 18.7. The third kappa shape index (κ3) is 4.97. The number of benzene rings is 1. The number of ether oxygens (including phenoxy) is 1. The van der Waals surface area contributed by atoms with Crippen LogP contribution in [0, 0.1) is 0 Å². The van der Waals surface area contributed by atoms with Crippen molar-refractivity contribution in [1.29, 1.82) is 0 Å². The van der Waals surface area contributed by atoms with Crippen LogP contribution < -0.4 is 39.0 Å². The number of anilines is 1. The van der Waals surface area contributed by atoms with Crippen molar-refractivity contribution < 1.29 is 60.3 Å². The summed E-state index contributed by atoms with van der Waals surface area (Å²) in [5, 5.41) is 0. The van der Waals surface area contributed by atoms with E-state index in [9.17, 15) is 26.0 Å². The van der Waals surface area contributed by atoms with Gasteiger partial charge in [-0.05, 0) is 23.2 Å². The third-order valence-corrected chi connectivity index (χ3v) is 3.54. The Bertz CT molecular complexity index is 566. The SMILES string of the molecule is COc1ccc(S(=O)[O-])c(NS(=O)(=O)C(F)F)c1.[Na+]. The summed E-state index contributed by atoms with van der Waals surface area (Å²) >= 11 is -2.78. The number of sulfonamides is 1. The molecule has 0 aliphatic carbocycles. The Morgan fingerprint density at radius 3 is 2.42 bits per heavy atom. The molecule has 0 radical (unpaired) electrons. The van der Waals surface area contributed by atoms with E-state index in [1.807, 2.05) is 0 Å². The number of methoxy groups -OCH3 is 1. The molecule has 0 aliphatic rings. The van der Waals surface area contributed by atoms with E-state index in [1.54, 1.807) is 0 Å². The smallest absolute Gasteiger partial charge is 0.768 e. The van der Waals surface area contributed by atoms with Gasteiger partial charge in [0.2, 0.25) is 0 Å². The first-order valence-corrected chi connectivity index (χ1v) is 6.97. The van der Waals surface area contributed by atoms with Crippen LogP contribution in [-0.2, 0) is 21.1 Å². The van der Waals surface area contributed by atoms with Crippen LogP contribution in [0.25, 0.3) is 0 Å². The molecule has 1 aromatic rings. The van der Waals surface area contributed by atoms with Crippen LogP contribution in [0.2, 0.25) is 0 Å². The Morgan fingerprint density at radius 2 is 2.00 bits per heavy atom. The van der Waals surface area contributed by atoms with Crippen LogP contribution in [0.3, 0.4) is 0 Å². The van der Waals surface area contributed by atoms with E-state index < -0.39 is 37.4 Å². The second-order valence-electron chi connectivity index (χ2n) is 3.00. The number of alkyl halides is 2. The van der Waals surface area contributed by atoms with Crippen LogP contribution in [0.15, 0.2) is 23.1 Å². The molecule has 0 heterocycles. The van der Waals surface area contributed by atoms with Crippen molar-refractivity contribution >= 4 is 26.8 Å². The Morgan fingerprint density at radius 1 is 1.42 bits per heavy atom. The Balaban J connectivity index is 0.00000324. The van der Waals surface area contributed by atoms with E-state index in [0.717, 1.165) is 12.1 Å². The molecule has 1 N–H and O–H groups in total. The molecule has 0 amide bonds. The van der Waals surface area contributed by atoms with Crippen LogP contribution in [0.4, 0.5) is 14.5 Å². The van der Waals surface area contributed by atoms with Gasteiger partial charge in [-0.25, -0.2) is 8.42 Å². The van der Waals surface area contributed by atoms with Gasteiger partial charge in [-0.15, -0.1) is 0 Å². The standard InChI is InChI=1S/C8H9F2NO5S2.Na/c1-16-5-2-3-7(17(12)13)6(4-5)11-18(14,15)8(9)10;/h2-4,8,11H,1H3,(H,12,13);/q;+1/p-1. The fourth-order valence-electron chi connectivity index (χ4n) is 1.06. The van der Waals surface area contributed by atoms with Gasteiger partial charge in [0.25, 0.3) is 10.0 Å². The molecule has 102 valence electrons. The van der Waals surface area contributed by atoms with Gasteiger partial charge < -0.3 is 9.29 Å². The topological polar surface area (TPSA) is 95.5 Å². The molecule has 0 saturated carbocycles. The van der Waals surface area contributed by atoms with Gasteiger partial charge in [0.15, 0.2) is 0 Å². The molecule has 0 bridgehead atoms. The zero-order valence-electron chi connectivity index (χ0n) is 9.92. The Hall–Kier alpha value is -0.260. The van der Waals surface area contributed by atoms with Gasteiger partial charge in [-0.2, -0.15) is 8.78 Å². The van der Waals surface area contributed by atoms with Gasteiger partial charge in [-0.3, -0.25) is 8.93 Å². The maximum Gasteiger partial charge on any atom is 1.00 e. The van der Waals surface area contributed by atoms with Crippen LogP contribution in [-0.4, -0.2) is 30.0 Å². The van der Waals surface area contributed by atoms with Crippen molar-refractivity contribution in [3.8, 4) is 5.75 Å². The summed E-state index contributed by atoms with van der Waals surface area (Å²) in [5.41, 5.74) is -0.497. The average molecular weight is 323 g/mol. The summed E-state index contributed by atoms with van der Waals surface area (Å²) in [4.78, 5) is -0.458. The van der Waals surface area contributed by atoms with E-state index in [-0.39, 0.29) is 35.3 Å². The summed E-state index contributed by atoms with van der Waals surface area (Å²) in [6.45, 7) is 0. The van der Waals surface area contributed by atoms with Crippen LogP contribution >= 0.6 is 0 Å². The van der Waals surface area contributed by atoms with E-state index in [2.05, 4.69) is 0 Å². The first-order valence-electron chi connectivity index (χ1n) is 4.35. The molecule has 6 nitrogen and oxygen atoms in total. The molecule has 1 unspecified atom stereocenters. The van der Waals surface area contributed by atoms with E-state index in [0.29, 0.717) is 0 Å². The average Bonchev–Trinajstić information content (AvgIpc) is 2.27. The van der Waals surface area contributed by atoms with Crippen LogP contribution in [0.5, 0.6) is 5.75 Å². The molecule has 0 aliphatic heterocycles.